The summed E-state index contributed by atoms with van der Waals surface area (Å²) in [6.45, 7) is 2.48. The molecule has 1 aromatic rings. The number of amides is 1. The van der Waals surface area contributed by atoms with Crippen LogP contribution < -0.4 is 11.1 Å². The Morgan fingerprint density at radius 1 is 1.79 bits per heavy atom. The molecule has 0 aliphatic heterocycles. The van der Waals surface area contributed by atoms with Crippen LogP contribution >= 0.6 is 27.3 Å². The highest BCUT2D eigenvalue weighted by molar-refractivity contribution is 9.10. The Morgan fingerprint density at radius 2 is 2.50 bits per heavy atom. The molecule has 0 aliphatic rings. The summed E-state index contributed by atoms with van der Waals surface area (Å²) in [6, 6.07) is 1.93. The van der Waals surface area contributed by atoms with Crippen LogP contribution in [-0.2, 0) is 0 Å². The van der Waals surface area contributed by atoms with Gasteiger partial charge in [0.05, 0.1) is 0 Å². The van der Waals surface area contributed by atoms with E-state index < -0.39 is 0 Å². The summed E-state index contributed by atoms with van der Waals surface area (Å²) in [7, 11) is 0. The average Bonchev–Trinajstić information content (AvgIpc) is 2.60. The summed E-state index contributed by atoms with van der Waals surface area (Å²) in [6.07, 6.45) is 0.852. The van der Waals surface area contributed by atoms with E-state index in [1.54, 1.807) is 0 Å². The van der Waals surface area contributed by atoms with Gasteiger partial charge in [-0.15, -0.1) is 11.3 Å². The third-order valence-corrected chi connectivity index (χ3v) is 3.77. The third-order valence-electron chi connectivity index (χ3n) is 1.94. The molecule has 0 aromatic carbocycles. The van der Waals surface area contributed by atoms with Crippen molar-refractivity contribution in [1.82, 2.24) is 5.32 Å². The first-order chi connectivity index (χ1) is 6.69. The molecule has 1 atom stereocenters. The Morgan fingerprint density at radius 3 is 2.93 bits per heavy atom. The minimum atomic E-state index is -0.0517. The predicted octanol–water partition coefficient (Wildman–Crippen LogP) is 1.98. The van der Waals surface area contributed by atoms with Crippen molar-refractivity contribution in [2.24, 2.45) is 5.73 Å². The molecule has 0 saturated carbocycles. The maximum Gasteiger partial charge on any atom is 0.262 e. The summed E-state index contributed by atoms with van der Waals surface area (Å²) < 4.78 is 0.840. The fraction of sp³-hybridized carbons (Fsp3) is 0.444. The number of nitrogens with two attached hydrogens (primary N) is 1. The summed E-state index contributed by atoms with van der Waals surface area (Å²) in [5.74, 6) is -0.0517. The largest absolute Gasteiger partial charge is 0.347 e. The van der Waals surface area contributed by atoms with Gasteiger partial charge in [-0.1, -0.05) is 6.92 Å². The number of halogens is 1. The first-order valence-corrected chi connectivity index (χ1v) is 6.10. The Labute approximate surface area is 95.8 Å². The fourth-order valence-electron chi connectivity index (χ4n) is 1.03. The summed E-state index contributed by atoms with van der Waals surface area (Å²) >= 11 is 4.74. The van der Waals surface area contributed by atoms with Crippen molar-refractivity contribution in [2.75, 3.05) is 6.54 Å². The van der Waals surface area contributed by atoms with Crippen molar-refractivity contribution >= 4 is 33.2 Å². The molecule has 1 aromatic heterocycles. The van der Waals surface area contributed by atoms with E-state index in [1.807, 2.05) is 18.4 Å². The number of nitrogens with one attached hydrogen (secondary N) is 1. The van der Waals surface area contributed by atoms with Crippen molar-refractivity contribution in [1.29, 1.82) is 0 Å². The van der Waals surface area contributed by atoms with Crippen LogP contribution in [-0.4, -0.2) is 18.5 Å². The van der Waals surface area contributed by atoms with Gasteiger partial charge < -0.3 is 11.1 Å². The zero-order chi connectivity index (χ0) is 10.6. The van der Waals surface area contributed by atoms with E-state index in [1.165, 1.54) is 11.3 Å². The Kier molecular flexibility index (Phi) is 4.57. The molecule has 5 heteroatoms. The number of hydrogen-bond donors (Lipinski definition) is 2. The lowest BCUT2D eigenvalue weighted by Gasteiger charge is -2.13. The molecule has 0 aliphatic carbocycles. The summed E-state index contributed by atoms with van der Waals surface area (Å²) in [5.41, 5.74) is 5.50. The van der Waals surface area contributed by atoms with Gasteiger partial charge in [0.15, 0.2) is 0 Å². The monoisotopic (exact) mass is 276 g/mol. The molecule has 1 heterocycles. The Hall–Kier alpha value is -0.390. The van der Waals surface area contributed by atoms with Crippen LogP contribution in [0.2, 0.25) is 0 Å². The van der Waals surface area contributed by atoms with Crippen molar-refractivity contribution in [2.45, 2.75) is 19.4 Å². The molecule has 1 amide bonds. The first kappa shape index (κ1) is 11.7. The Balaban J connectivity index is 2.63. The van der Waals surface area contributed by atoms with Gasteiger partial charge in [-0.3, -0.25) is 4.79 Å². The molecule has 78 valence electrons. The number of carbonyl (C=O) groups excluding carboxylic acids is 1. The first-order valence-electron chi connectivity index (χ1n) is 4.43. The summed E-state index contributed by atoms with van der Waals surface area (Å²) in [4.78, 5) is 12.4. The van der Waals surface area contributed by atoms with Crippen LogP contribution in [0.4, 0.5) is 0 Å². The minimum absolute atomic E-state index is 0.0517. The van der Waals surface area contributed by atoms with Crippen LogP contribution in [0.1, 0.15) is 23.0 Å². The van der Waals surface area contributed by atoms with Gasteiger partial charge in [0.25, 0.3) is 5.91 Å². The van der Waals surface area contributed by atoms with Gasteiger partial charge in [-0.2, -0.15) is 0 Å². The zero-order valence-electron chi connectivity index (χ0n) is 7.92. The molecular weight excluding hydrogens is 264 g/mol. The average molecular weight is 277 g/mol. The number of thiophene rings is 1. The van der Waals surface area contributed by atoms with E-state index in [9.17, 15) is 4.79 Å². The minimum Gasteiger partial charge on any atom is -0.347 e. The van der Waals surface area contributed by atoms with Gasteiger partial charge in [-0.25, -0.2) is 0 Å². The van der Waals surface area contributed by atoms with Crippen LogP contribution in [0.15, 0.2) is 15.9 Å². The van der Waals surface area contributed by atoms with E-state index in [4.69, 9.17) is 5.73 Å². The molecule has 0 spiro atoms. The number of rotatable bonds is 4. The molecule has 14 heavy (non-hydrogen) atoms. The maximum absolute atomic E-state index is 11.7. The standard InChI is InChI=1S/C9H13BrN2OS/c1-2-6(5-11)12-9(13)8-7(10)3-4-14-8/h3-4,6H,2,5,11H2,1H3,(H,12,13). The predicted molar refractivity (Wildman–Crippen MR) is 62.6 cm³/mol. The van der Waals surface area contributed by atoms with Crippen molar-refractivity contribution in [3.8, 4) is 0 Å². The van der Waals surface area contributed by atoms with E-state index in [0.29, 0.717) is 11.4 Å². The molecule has 1 unspecified atom stereocenters. The molecule has 0 radical (unpaired) electrons. The van der Waals surface area contributed by atoms with Crippen molar-refractivity contribution in [3.63, 3.8) is 0 Å². The molecular formula is C9H13BrN2OS. The second kappa shape index (κ2) is 5.48. The lowest BCUT2D eigenvalue weighted by atomic mass is 10.2. The maximum atomic E-state index is 11.7. The molecule has 0 bridgehead atoms. The normalized spacial score (nSPS) is 12.5. The molecule has 0 saturated heterocycles. The topological polar surface area (TPSA) is 55.1 Å². The molecule has 0 fully saturated rings. The van der Waals surface area contributed by atoms with Gasteiger partial charge in [0.1, 0.15) is 4.88 Å². The highest BCUT2D eigenvalue weighted by Crippen LogP contribution is 2.22. The highest BCUT2D eigenvalue weighted by atomic mass is 79.9. The van der Waals surface area contributed by atoms with Crippen LogP contribution in [0.25, 0.3) is 0 Å². The zero-order valence-corrected chi connectivity index (χ0v) is 10.3. The summed E-state index contributed by atoms with van der Waals surface area (Å²) in [5, 5.41) is 4.75. The quantitative estimate of drug-likeness (QED) is 0.884. The van der Waals surface area contributed by atoms with E-state index >= 15 is 0 Å². The van der Waals surface area contributed by atoms with Crippen molar-refractivity contribution < 1.29 is 4.79 Å². The van der Waals surface area contributed by atoms with E-state index in [-0.39, 0.29) is 11.9 Å². The number of carbonyl (C=O) groups is 1. The fourth-order valence-corrected chi connectivity index (χ4v) is 2.49. The third kappa shape index (κ3) is 2.80. The molecule has 3 nitrogen and oxygen atoms in total. The van der Waals surface area contributed by atoms with Gasteiger partial charge in [0, 0.05) is 17.1 Å². The van der Waals surface area contributed by atoms with Crippen molar-refractivity contribution in [3.05, 3.63) is 20.8 Å². The van der Waals surface area contributed by atoms with Crippen LogP contribution in [0.3, 0.4) is 0 Å². The van der Waals surface area contributed by atoms with Gasteiger partial charge in [-0.05, 0) is 33.8 Å². The molecule has 1 rings (SSSR count). The smallest absolute Gasteiger partial charge is 0.262 e. The van der Waals surface area contributed by atoms with E-state index in [0.717, 1.165) is 10.9 Å². The highest BCUT2D eigenvalue weighted by Gasteiger charge is 2.14. The number of hydrogen-bond acceptors (Lipinski definition) is 3. The van der Waals surface area contributed by atoms with E-state index in [2.05, 4.69) is 21.2 Å². The lowest BCUT2D eigenvalue weighted by molar-refractivity contribution is 0.0940. The second-order valence-corrected chi connectivity index (χ2v) is 4.68. The SMILES string of the molecule is CCC(CN)NC(=O)c1sccc1Br. The van der Waals surface area contributed by atoms with Gasteiger partial charge >= 0.3 is 0 Å². The lowest BCUT2D eigenvalue weighted by Crippen LogP contribution is -2.39. The second-order valence-electron chi connectivity index (χ2n) is 2.91. The van der Waals surface area contributed by atoms with Crippen LogP contribution in [0.5, 0.6) is 0 Å². The molecule has 3 N–H and O–H groups in total. The van der Waals surface area contributed by atoms with Gasteiger partial charge in [0.2, 0.25) is 0 Å². The Bertz CT molecular complexity index is 310. The van der Waals surface area contributed by atoms with Crippen LogP contribution in [0, 0.1) is 0 Å².